The monoisotopic (exact) mass is 536 g/mol. The fourth-order valence-electron chi connectivity index (χ4n) is 3.80. The van der Waals surface area contributed by atoms with Crippen molar-refractivity contribution in [1.29, 1.82) is 0 Å². The van der Waals surface area contributed by atoms with Crippen molar-refractivity contribution in [1.82, 2.24) is 15.1 Å². The van der Waals surface area contributed by atoms with Crippen LogP contribution in [0.4, 0.5) is 0 Å². The van der Waals surface area contributed by atoms with Crippen LogP contribution in [0.5, 0.6) is 5.75 Å². The van der Waals surface area contributed by atoms with Crippen LogP contribution in [-0.2, 0) is 6.54 Å². The minimum absolute atomic E-state index is 0. The molecule has 0 aromatic heterocycles. The van der Waals surface area contributed by atoms with Gasteiger partial charge in [0.05, 0.1) is 13.7 Å². The summed E-state index contributed by atoms with van der Waals surface area (Å²) < 4.78 is 6.53. The number of hydrogen-bond acceptors (Lipinski definition) is 3. The largest absolute Gasteiger partial charge is 0.496 e. The third-order valence-electron chi connectivity index (χ3n) is 5.10. The molecule has 5 nitrogen and oxygen atoms in total. The molecule has 146 valence electrons. The van der Waals surface area contributed by atoms with Crippen LogP contribution in [0.15, 0.2) is 27.7 Å². The van der Waals surface area contributed by atoms with Crippen LogP contribution in [0, 0.1) is 0 Å². The maximum absolute atomic E-state index is 5.47. The zero-order valence-corrected chi connectivity index (χ0v) is 19.6. The molecule has 2 saturated heterocycles. The first kappa shape index (κ1) is 21.8. The summed E-state index contributed by atoms with van der Waals surface area (Å²) in [6, 6.07) is 6.76. The van der Waals surface area contributed by atoms with Crippen LogP contribution < -0.4 is 10.1 Å². The second-order valence-electron chi connectivity index (χ2n) is 6.76. The zero-order chi connectivity index (χ0) is 17.6. The van der Waals surface area contributed by atoms with Gasteiger partial charge >= 0.3 is 0 Å². The molecule has 0 bridgehead atoms. The lowest BCUT2D eigenvalue weighted by atomic mass is 10.2. The first-order chi connectivity index (χ1) is 12.2. The Labute approximate surface area is 182 Å². The molecule has 3 rings (SSSR count). The van der Waals surface area contributed by atoms with Crippen molar-refractivity contribution in [3.8, 4) is 5.75 Å². The lowest BCUT2D eigenvalue weighted by Gasteiger charge is -2.25. The van der Waals surface area contributed by atoms with Crippen LogP contribution in [0.1, 0.15) is 31.7 Å². The van der Waals surface area contributed by atoms with Crippen LogP contribution in [0.3, 0.4) is 0 Å². The highest BCUT2D eigenvalue weighted by atomic mass is 127. The molecule has 1 unspecified atom stereocenters. The second kappa shape index (κ2) is 10.7. The molecule has 7 heteroatoms. The van der Waals surface area contributed by atoms with Gasteiger partial charge in [-0.25, -0.2) is 4.99 Å². The number of nitrogens with zero attached hydrogens (tertiary/aromatic N) is 3. The second-order valence-corrected chi connectivity index (χ2v) is 7.67. The Kier molecular flexibility index (Phi) is 8.96. The van der Waals surface area contributed by atoms with E-state index in [9.17, 15) is 0 Å². The smallest absolute Gasteiger partial charge is 0.194 e. The van der Waals surface area contributed by atoms with Crippen molar-refractivity contribution in [3.63, 3.8) is 0 Å². The van der Waals surface area contributed by atoms with Gasteiger partial charge in [0.2, 0.25) is 0 Å². The van der Waals surface area contributed by atoms with Gasteiger partial charge in [-0.3, -0.25) is 4.90 Å². The van der Waals surface area contributed by atoms with E-state index in [2.05, 4.69) is 44.0 Å². The normalized spacial score (nSPS) is 21.0. The molecular formula is C19H30BrIN4O. The van der Waals surface area contributed by atoms with Crippen molar-refractivity contribution < 1.29 is 4.74 Å². The van der Waals surface area contributed by atoms with E-state index in [1.54, 1.807) is 7.11 Å². The molecule has 2 aliphatic rings. The molecule has 1 aromatic carbocycles. The average molecular weight is 537 g/mol. The first-order valence-electron chi connectivity index (χ1n) is 9.31. The summed E-state index contributed by atoms with van der Waals surface area (Å²) in [4.78, 5) is 9.96. The molecule has 0 amide bonds. The maximum atomic E-state index is 5.47. The molecule has 0 saturated carbocycles. The summed E-state index contributed by atoms with van der Waals surface area (Å²) in [5, 5.41) is 3.46. The molecule has 2 heterocycles. The number of nitrogens with one attached hydrogen (secondary N) is 1. The van der Waals surface area contributed by atoms with Crippen molar-refractivity contribution in [2.75, 3.05) is 39.8 Å². The molecule has 0 spiro atoms. The van der Waals surface area contributed by atoms with Gasteiger partial charge in [-0.15, -0.1) is 24.0 Å². The first-order valence-corrected chi connectivity index (χ1v) is 10.1. The number of benzene rings is 1. The lowest BCUT2D eigenvalue weighted by Crippen LogP contribution is -2.42. The summed E-state index contributed by atoms with van der Waals surface area (Å²) in [7, 11) is 1.71. The number of methoxy groups -OCH3 is 1. The number of hydrogen-bond donors (Lipinski definition) is 1. The number of halogens is 2. The number of guanidine groups is 1. The maximum Gasteiger partial charge on any atom is 0.194 e. The quantitative estimate of drug-likeness (QED) is 0.354. The van der Waals surface area contributed by atoms with Crippen molar-refractivity contribution in [2.24, 2.45) is 4.99 Å². The van der Waals surface area contributed by atoms with E-state index in [0.717, 1.165) is 41.4 Å². The minimum Gasteiger partial charge on any atom is -0.496 e. The Balaban J connectivity index is 0.00000243. The molecule has 0 aliphatic carbocycles. The molecular weight excluding hydrogens is 507 g/mol. The third-order valence-corrected chi connectivity index (χ3v) is 5.59. The summed E-state index contributed by atoms with van der Waals surface area (Å²) >= 11 is 3.54. The highest BCUT2D eigenvalue weighted by Gasteiger charge is 2.30. The van der Waals surface area contributed by atoms with Gasteiger partial charge in [-0.1, -0.05) is 15.9 Å². The number of likely N-dealkylation sites (tertiary alicyclic amines) is 2. The van der Waals surface area contributed by atoms with E-state index in [0.29, 0.717) is 12.6 Å². The predicted octanol–water partition coefficient (Wildman–Crippen LogP) is 3.71. The minimum atomic E-state index is 0. The molecule has 2 fully saturated rings. The molecule has 2 aliphatic heterocycles. The Bertz CT molecular complexity index is 607. The van der Waals surface area contributed by atoms with E-state index in [4.69, 9.17) is 9.73 Å². The molecule has 26 heavy (non-hydrogen) atoms. The number of ether oxygens (including phenoxy) is 1. The van der Waals surface area contributed by atoms with Gasteiger partial charge in [0.25, 0.3) is 0 Å². The molecule has 1 N–H and O–H groups in total. The summed E-state index contributed by atoms with van der Waals surface area (Å²) in [5.74, 6) is 1.91. The third kappa shape index (κ3) is 5.48. The molecule has 1 aromatic rings. The van der Waals surface area contributed by atoms with Gasteiger partial charge in [0.1, 0.15) is 5.75 Å². The zero-order valence-electron chi connectivity index (χ0n) is 15.7. The van der Waals surface area contributed by atoms with Crippen molar-refractivity contribution in [2.45, 2.75) is 38.8 Å². The van der Waals surface area contributed by atoms with E-state index in [-0.39, 0.29) is 24.0 Å². The van der Waals surface area contributed by atoms with E-state index >= 15 is 0 Å². The number of aliphatic imine (C=N–C) groups is 1. The Hall–Kier alpha value is -0.540. The molecule has 0 radical (unpaired) electrons. The summed E-state index contributed by atoms with van der Waals surface area (Å²) in [6.07, 6.45) is 3.95. The van der Waals surface area contributed by atoms with Crippen LogP contribution in [-0.4, -0.2) is 61.6 Å². The van der Waals surface area contributed by atoms with Crippen LogP contribution >= 0.6 is 39.9 Å². The summed E-state index contributed by atoms with van der Waals surface area (Å²) in [6.45, 7) is 8.34. The highest BCUT2D eigenvalue weighted by molar-refractivity contribution is 14.0. The fourth-order valence-corrected chi connectivity index (χ4v) is 4.20. The number of rotatable bonds is 5. The van der Waals surface area contributed by atoms with Crippen LogP contribution in [0.25, 0.3) is 0 Å². The standard InChI is InChI=1S/C19H29BrN4O.HI/c1-3-21-19(22-13-15-12-16(20)6-7-18(15)25-2)24-11-8-17(14-24)23-9-4-5-10-23;/h6-7,12,17H,3-5,8-11,13-14H2,1-2H3,(H,21,22);1H. The van der Waals surface area contributed by atoms with Gasteiger partial charge in [-0.05, 0) is 57.5 Å². The van der Waals surface area contributed by atoms with E-state index < -0.39 is 0 Å². The fraction of sp³-hybridized carbons (Fsp3) is 0.632. The van der Waals surface area contributed by atoms with Gasteiger partial charge in [0, 0.05) is 35.7 Å². The molecule has 1 atom stereocenters. The van der Waals surface area contributed by atoms with Crippen molar-refractivity contribution >= 4 is 45.9 Å². The van der Waals surface area contributed by atoms with Crippen molar-refractivity contribution in [3.05, 3.63) is 28.2 Å². The van der Waals surface area contributed by atoms with Gasteiger partial charge < -0.3 is 15.0 Å². The predicted molar refractivity (Wildman–Crippen MR) is 122 cm³/mol. The topological polar surface area (TPSA) is 40.1 Å². The Morgan fingerprint density at radius 1 is 1.31 bits per heavy atom. The lowest BCUT2D eigenvalue weighted by molar-refractivity contribution is 0.249. The van der Waals surface area contributed by atoms with E-state index in [1.807, 2.05) is 12.1 Å². The van der Waals surface area contributed by atoms with Crippen LogP contribution in [0.2, 0.25) is 0 Å². The van der Waals surface area contributed by atoms with Gasteiger partial charge in [0.15, 0.2) is 5.96 Å². The highest BCUT2D eigenvalue weighted by Crippen LogP contribution is 2.24. The summed E-state index contributed by atoms with van der Waals surface area (Å²) in [5.41, 5.74) is 1.10. The van der Waals surface area contributed by atoms with Gasteiger partial charge in [-0.2, -0.15) is 0 Å². The Morgan fingerprint density at radius 2 is 2.08 bits per heavy atom. The SMILES string of the molecule is CCNC(=NCc1cc(Br)ccc1OC)N1CCC(N2CCCC2)C1.I. The Morgan fingerprint density at radius 3 is 2.77 bits per heavy atom. The average Bonchev–Trinajstić information content (AvgIpc) is 3.29. The van der Waals surface area contributed by atoms with E-state index in [1.165, 1.54) is 32.4 Å².